The molecule has 2 aromatic rings. The Balaban J connectivity index is 2.41. The molecule has 27 heavy (non-hydrogen) atoms. The lowest BCUT2D eigenvalue weighted by molar-refractivity contribution is 0.340. The van der Waals surface area contributed by atoms with Crippen LogP contribution in [0, 0.1) is 0 Å². The molecule has 0 fully saturated rings. The maximum atomic E-state index is 12.7. The molecule has 0 aliphatic carbocycles. The number of rotatable bonds is 7. The summed E-state index contributed by atoms with van der Waals surface area (Å²) in [6.07, 6.45) is 0. The van der Waals surface area contributed by atoms with Crippen LogP contribution in [0.15, 0.2) is 50.7 Å². The van der Waals surface area contributed by atoms with Crippen molar-refractivity contribution in [3.8, 4) is 5.75 Å². The Morgan fingerprint density at radius 1 is 1.07 bits per heavy atom. The van der Waals surface area contributed by atoms with Gasteiger partial charge in [-0.3, -0.25) is 4.72 Å². The van der Waals surface area contributed by atoms with Gasteiger partial charge in [-0.2, -0.15) is 0 Å². The number of benzene rings is 2. The molecule has 0 saturated carbocycles. The van der Waals surface area contributed by atoms with Gasteiger partial charge in [0, 0.05) is 19.1 Å². The van der Waals surface area contributed by atoms with Crippen LogP contribution in [-0.2, 0) is 20.0 Å². The van der Waals surface area contributed by atoms with Gasteiger partial charge < -0.3 is 4.74 Å². The highest BCUT2D eigenvalue weighted by molar-refractivity contribution is 9.10. The summed E-state index contributed by atoms with van der Waals surface area (Å²) >= 11 is 9.30. The predicted octanol–water partition coefficient (Wildman–Crippen LogP) is 3.55. The normalized spacial score (nSPS) is 12.2. The van der Waals surface area contributed by atoms with Gasteiger partial charge in [-0.1, -0.05) is 11.6 Å². The molecule has 0 aliphatic heterocycles. The first-order chi connectivity index (χ1) is 12.5. The summed E-state index contributed by atoms with van der Waals surface area (Å²) in [4.78, 5) is -0.106. The van der Waals surface area contributed by atoms with E-state index < -0.39 is 20.0 Å². The van der Waals surface area contributed by atoms with Gasteiger partial charge in [-0.15, -0.1) is 0 Å². The Bertz CT molecular complexity index is 1040. The van der Waals surface area contributed by atoms with Crippen molar-refractivity contribution in [3.05, 3.63) is 45.9 Å². The van der Waals surface area contributed by atoms with Crippen LogP contribution in [-0.4, -0.2) is 41.8 Å². The van der Waals surface area contributed by atoms with E-state index in [4.69, 9.17) is 16.3 Å². The molecule has 2 aromatic carbocycles. The van der Waals surface area contributed by atoms with E-state index in [1.54, 1.807) is 13.0 Å². The summed E-state index contributed by atoms with van der Waals surface area (Å²) in [7, 11) is -4.84. The first-order valence-corrected chi connectivity index (χ1v) is 11.8. The number of hydrogen-bond donors (Lipinski definition) is 1. The summed E-state index contributed by atoms with van der Waals surface area (Å²) in [5.41, 5.74) is 0.168. The van der Waals surface area contributed by atoms with Gasteiger partial charge >= 0.3 is 0 Å². The third-order valence-corrected chi connectivity index (χ3v) is 7.47. The van der Waals surface area contributed by atoms with Crippen molar-refractivity contribution < 1.29 is 21.6 Å². The van der Waals surface area contributed by atoms with Crippen molar-refractivity contribution in [2.24, 2.45) is 0 Å². The average Bonchev–Trinajstić information content (AvgIpc) is 2.57. The van der Waals surface area contributed by atoms with Crippen LogP contribution in [0.4, 0.5) is 5.69 Å². The number of sulfonamides is 2. The molecule has 0 amide bonds. The zero-order valence-corrected chi connectivity index (χ0v) is 18.7. The lowest BCUT2D eigenvalue weighted by atomic mass is 10.3. The molecular weight excluding hydrogens is 480 g/mol. The van der Waals surface area contributed by atoms with E-state index in [0.29, 0.717) is 21.9 Å². The number of hydrogen-bond acceptors (Lipinski definition) is 5. The second-order valence-electron chi connectivity index (χ2n) is 5.56. The second kappa shape index (κ2) is 8.36. The quantitative estimate of drug-likeness (QED) is 0.631. The summed E-state index contributed by atoms with van der Waals surface area (Å²) in [5, 5.41) is 0.315. The first kappa shape index (κ1) is 22.0. The van der Waals surface area contributed by atoms with E-state index >= 15 is 0 Å². The van der Waals surface area contributed by atoms with Crippen molar-refractivity contribution in [1.29, 1.82) is 0 Å². The summed E-state index contributed by atoms with van der Waals surface area (Å²) in [5.74, 6) is 0.303. The lowest BCUT2D eigenvalue weighted by Crippen LogP contribution is -2.22. The van der Waals surface area contributed by atoms with Crippen molar-refractivity contribution in [2.45, 2.75) is 16.7 Å². The fourth-order valence-electron chi connectivity index (χ4n) is 2.13. The fourth-order valence-corrected chi connectivity index (χ4v) is 5.01. The van der Waals surface area contributed by atoms with Crippen LogP contribution in [0.5, 0.6) is 5.75 Å². The van der Waals surface area contributed by atoms with Crippen LogP contribution in [0.3, 0.4) is 0 Å². The minimum absolute atomic E-state index is 0.00745. The number of halogens is 2. The first-order valence-electron chi connectivity index (χ1n) is 7.66. The summed E-state index contributed by atoms with van der Waals surface area (Å²) < 4.78 is 59.0. The summed E-state index contributed by atoms with van der Waals surface area (Å²) in [6, 6.07) is 7.94. The molecule has 0 unspecified atom stereocenters. The topological polar surface area (TPSA) is 92.8 Å². The standard InChI is InChI=1S/C16H18BrClN2O5S2/c1-4-25-16-14(17)9-11(18)10-15(16)19-26(21,22)12-5-7-13(8-6-12)27(23,24)20(2)3/h5-10,19H,4H2,1-3H3. The zero-order chi connectivity index (χ0) is 20.4. The molecule has 11 heteroatoms. The van der Waals surface area contributed by atoms with Crippen LogP contribution >= 0.6 is 27.5 Å². The predicted molar refractivity (Wildman–Crippen MR) is 108 cm³/mol. The number of ether oxygens (including phenoxy) is 1. The van der Waals surface area contributed by atoms with Crippen LogP contribution in [0.2, 0.25) is 5.02 Å². The Morgan fingerprint density at radius 2 is 1.63 bits per heavy atom. The molecule has 0 radical (unpaired) electrons. The summed E-state index contributed by atoms with van der Waals surface area (Å²) in [6.45, 7) is 2.09. The Kier molecular flexibility index (Phi) is 6.80. The van der Waals surface area contributed by atoms with Crippen LogP contribution in [0.1, 0.15) is 6.92 Å². The minimum Gasteiger partial charge on any atom is -0.490 e. The van der Waals surface area contributed by atoms with Gasteiger partial charge in [0.15, 0.2) is 5.75 Å². The minimum atomic E-state index is -3.99. The van der Waals surface area contributed by atoms with Gasteiger partial charge in [0.2, 0.25) is 10.0 Å². The Morgan fingerprint density at radius 3 is 2.15 bits per heavy atom. The second-order valence-corrected chi connectivity index (χ2v) is 10.7. The molecule has 0 atom stereocenters. The van der Waals surface area contributed by atoms with Crippen molar-refractivity contribution in [1.82, 2.24) is 4.31 Å². The van der Waals surface area contributed by atoms with E-state index in [-0.39, 0.29) is 15.5 Å². The molecule has 0 spiro atoms. The van der Waals surface area contributed by atoms with Gasteiger partial charge in [0.25, 0.3) is 10.0 Å². The molecule has 0 saturated heterocycles. The third kappa shape index (κ3) is 4.94. The molecule has 2 rings (SSSR count). The van der Waals surface area contributed by atoms with Crippen molar-refractivity contribution in [3.63, 3.8) is 0 Å². The Hall–Kier alpha value is -1.33. The van der Waals surface area contributed by atoms with Crippen molar-refractivity contribution in [2.75, 3.05) is 25.4 Å². The smallest absolute Gasteiger partial charge is 0.262 e. The zero-order valence-electron chi connectivity index (χ0n) is 14.7. The van der Waals surface area contributed by atoms with Crippen molar-refractivity contribution >= 4 is 53.3 Å². The van der Waals surface area contributed by atoms with E-state index in [2.05, 4.69) is 20.7 Å². The largest absolute Gasteiger partial charge is 0.490 e. The Labute approximate surface area is 172 Å². The molecule has 0 aromatic heterocycles. The number of anilines is 1. The molecule has 148 valence electrons. The number of nitrogens with one attached hydrogen (secondary N) is 1. The van der Waals surface area contributed by atoms with Crippen LogP contribution < -0.4 is 9.46 Å². The van der Waals surface area contributed by atoms with Gasteiger partial charge in [-0.25, -0.2) is 21.1 Å². The maximum Gasteiger partial charge on any atom is 0.262 e. The lowest BCUT2D eigenvalue weighted by Gasteiger charge is -2.15. The fraction of sp³-hybridized carbons (Fsp3) is 0.250. The molecule has 0 bridgehead atoms. The highest BCUT2D eigenvalue weighted by Gasteiger charge is 2.21. The van der Waals surface area contributed by atoms with Gasteiger partial charge in [-0.05, 0) is 59.3 Å². The highest BCUT2D eigenvalue weighted by Crippen LogP contribution is 2.37. The highest BCUT2D eigenvalue weighted by atomic mass is 79.9. The van der Waals surface area contributed by atoms with E-state index in [1.807, 2.05) is 0 Å². The molecule has 1 N–H and O–H groups in total. The van der Waals surface area contributed by atoms with Gasteiger partial charge in [0.1, 0.15) is 0 Å². The molecule has 0 heterocycles. The number of nitrogens with zero attached hydrogens (tertiary/aromatic N) is 1. The van der Waals surface area contributed by atoms with Crippen LogP contribution in [0.25, 0.3) is 0 Å². The monoisotopic (exact) mass is 496 g/mol. The van der Waals surface area contributed by atoms with E-state index in [9.17, 15) is 16.8 Å². The average molecular weight is 498 g/mol. The molecular formula is C16H18BrClN2O5S2. The van der Waals surface area contributed by atoms with E-state index in [1.165, 1.54) is 44.4 Å². The molecule has 7 nitrogen and oxygen atoms in total. The SMILES string of the molecule is CCOc1c(Br)cc(Cl)cc1NS(=O)(=O)c1ccc(S(=O)(=O)N(C)C)cc1. The maximum absolute atomic E-state index is 12.7. The van der Waals surface area contributed by atoms with E-state index in [0.717, 1.165) is 4.31 Å². The molecule has 0 aliphatic rings. The third-order valence-electron chi connectivity index (χ3n) is 3.45. The van der Waals surface area contributed by atoms with Gasteiger partial charge in [0.05, 0.1) is 26.6 Å².